The van der Waals surface area contributed by atoms with Gasteiger partial charge in [0.05, 0.1) is 19.3 Å². The van der Waals surface area contributed by atoms with Crippen LogP contribution in [0.25, 0.3) is 11.1 Å². The summed E-state index contributed by atoms with van der Waals surface area (Å²) in [6.45, 7) is 5.19. The van der Waals surface area contributed by atoms with Crippen LogP contribution in [0.1, 0.15) is 109 Å². The third kappa shape index (κ3) is 7.61. The van der Waals surface area contributed by atoms with Crippen molar-refractivity contribution >= 4 is 0 Å². The summed E-state index contributed by atoms with van der Waals surface area (Å²) in [5, 5.41) is 0. The minimum Gasteiger partial charge on any atom is -0.490 e. The van der Waals surface area contributed by atoms with Crippen LogP contribution in [0.15, 0.2) is 48.6 Å². The molecule has 4 heteroatoms. The van der Waals surface area contributed by atoms with Crippen LogP contribution < -0.4 is 4.74 Å². The van der Waals surface area contributed by atoms with Crippen LogP contribution in [0.2, 0.25) is 0 Å². The van der Waals surface area contributed by atoms with Crippen LogP contribution in [0.4, 0.5) is 8.78 Å². The fourth-order valence-electron chi connectivity index (χ4n) is 7.85. The average Bonchev–Trinajstić information content (AvgIpc) is 3.03. The van der Waals surface area contributed by atoms with Crippen LogP contribution in [0.3, 0.4) is 0 Å². The molecule has 2 nitrogen and oxygen atoms in total. The number of allylic oxidation sites excluding steroid dienone is 2. The number of benzene rings is 2. The van der Waals surface area contributed by atoms with E-state index >= 15 is 0 Å². The van der Waals surface area contributed by atoms with Crippen molar-refractivity contribution in [1.82, 2.24) is 0 Å². The van der Waals surface area contributed by atoms with Crippen molar-refractivity contribution in [3.63, 3.8) is 0 Å². The van der Waals surface area contributed by atoms with Crippen molar-refractivity contribution in [2.45, 2.75) is 109 Å². The van der Waals surface area contributed by atoms with Gasteiger partial charge in [-0.05, 0) is 124 Å². The van der Waals surface area contributed by atoms with Gasteiger partial charge in [-0.1, -0.05) is 56.2 Å². The molecule has 1 heterocycles. The van der Waals surface area contributed by atoms with E-state index in [1.807, 2.05) is 19.1 Å². The summed E-state index contributed by atoms with van der Waals surface area (Å²) in [5.41, 5.74) is 2.17. The van der Waals surface area contributed by atoms with Crippen molar-refractivity contribution < 1.29 is 18.3 Å². The molecular formula is C37H50F2O2. The predicted octanol–water partition coefficient (Wildman–Crippen LogP) is 10.7. The highest BCUT2D eigenvalue weighted by Crippen LogP contribution is 2.44. The monoisotopic (exact) mass is 564 g/mol. The minimum atomic E-state index is -0.913. The van der Waals surface area contributed by atoms with Gasteiger partial charge in [-0.15, -0.1) is 0 Å². The fourth-order valence-corrected chi connectivity index (χ4v) is 7.85. The second-order valence-electron chi connectivity index (χ2n) is 13.0. The predicted molar refractivity (Wildman–Crippen MR) is 164 cm³/mol. The maximum absolute atomic E-state index is 14.8. The fraction of sp³-hybridized carbons (Fsp3) is 0.622. The summed E-state index contributed by atoms with van der Waals surface area (Å²) in [6, 6.07) is 11.1. The second kappa shape index (κ2) is 14.8. The van der Waals surface area contributed by atoms with Gasteiger partial charge in [0.15, 0.2) is 11.6 Å². The molecular weight excluding hydrogens is 514 g/mol. The van der Waals surface area contributed by atoms with Gasteiger partial charge in [-0.25, -0.2) is 4.39 Å². The average molecular weight is 565 g/mol. The highest BCUT2D eigenvalue weighted by molar-refractivity contribution is 5.65. The highest BCUT2D eigenvalue weighted by atomic mass is 19.2. The topological polar surface area (TPSA) is 18.5 Å². The number of rotatable bonds is 10. The molecule has 2 saturated carbocycles. The van der Waals surface area contributed by atoms with Crippen molar-refractivity contribution in [1.29, 1.82) is 0 Å². The largest absolute Gasteiger partial charge is 0.490 e. The lowest BCUT2D eigenvalue weighted by Gasteiger charge is -2.41. The first-order chi connectivity index (χ1) is 20.1. The molecule has 0 N–H and O–H groups in total. The molecule has 2 aromatic rings. The molecule has 0 bridgehead atoms. The second-order valence-corrected chi connectivity index (χ2v) is 13.0. The molecule has 5 rings (SSSR count). The molecule has 0 radical (unpaired) electrons. The molecule has 0 spiro atoms. The van der Waals surface area contributed by atoms with Crippen molar-refractivity contribution in [2.75, 3.05) is 13.2 Å². The van der Waals surface area contributed by atoms with Crippen LogP contribution in [0.5, 0.6) is 5.75 Å². The normalized spacial score (nSPS) is 29.1. The lowest BCUT2D eigenvalue weighted by molar-refractivity contribution is -0.0464. The summed E-state index contributed by atoms with van der Waals surface area (Å²) in [7, 11) is 0. The molecule has 1 saturated heterocycles. The Labute approximate surface area is 246 Å². The first-order valence-corrected chi connectivity index (χ1v) is 16.5. The Morgan fingerprint density at radius 3 is 2.12 bits per heavy atom. The molecule has 0 amide bonds. The molecule has 224 valence electrons. The van der Waals surface area contributed by atoms with E-state index in [-0.39, 0.29) is 11.3 Å². The van der Waals surface area contributed by atoms with E-state index in [1.165, 1.54) is 75.8 Å². The molecule has 2 unspecified atom stereocenters. The molecule has 0 aromatic heterocycles. The standard InChI is InChI=1S/C37H50F2O2/c1-3-5-6-7-26-8-10-27(11-9-26)28-14-18-31(19-15-28)34-22-20-32(25-41-34)29-12-16-30(17-13-29)33-21-23-35(40-24-4-2)37(39)36(33)38/h3,5,12-13,16-17,21,23,26-28,31-32,34H,4,6-11,14-15,18-20,22,24-25H2,1-2H3. The van der Waals surface area contributed by atoms with E-state index < -0.39 is 11.6 Å². The van der Waals surface area contributed by atoms with Crippen LogP contribution in [0, 0.1) is 35.3 Å². The zero-order valence-corrected chi connectivity index (χ0v) is 25.3. The molecule has 41 heavy (non-hydrogen) atoms. The van der Waals surface area contributed by atoms with Crippen molar-refractivity contribution in [3.05, 3.63) is 65.7 Å². The van der Waals surface area contributed by atoms with Crippen LogP contribution in [-0.4, -0.2) is 19.3 Å². The Bertz CT molecular complexity index is 1100. The number of ether oxygens (including phenoxy) is 2. The van der Waals surface area contributed by atoms with Gasteiger partial charge in [0.2, 0.25) is 5.82 Å². The van der Waals surface area contributed by atoms with Gasteiger partial charge in [-0.2, -0.15) is 4.39 Å². The maximum Gasteiger partial charge on any atom is 0.201 e. The zero-order valence-electron chi connectivity index (χ0n) is 25.3. The number of halogens is 2. The lowest BCUT2D eigenvalue weighted by Crippen LogP contribution is -2.35. The third-order valence-corrected chi connectivity index (χ3v) is 10.4. The molecule has 2 aliphatic carbocycles. The summed E-state index contributed by atoms with van der Waals surface area (Å²) < 4.78 is 41.1. The molecule has 2 aromatic carbocycles. The smallest absolute Gasteiger partial charge is 0.201 e. The highest BCUT2D eigenvalue weighted by Gasteiger charge is 2.35. The van der Waals surface area contributed by atoms with Gasteiger partial charge in [-0.3, -0.25) is 0 Å². The Kier molecular flexibility index (Phi) is 10.9. The SMILES string of the molecule is CC=CCCC1CCC(C2CCC(C3CCC(c4ccc(-c5ccc(OCCC)c(F)c5F)cc4)CO3)CC2)CC1. The van der Waals surface area contributed by atoms with Crippen LogP contribution >= 0.6 is 0 Å². The Morgan fingerprint density at radius 1 is 0.805 bits per heavy atom. The van der Waals surface area contributed by atoms with E-state index in [2.05, 4.69) is 31.2 Å². The van der Waals surface area contributed by atoms with E-state index in [4.69, 9.17) is 9.47 Å². The van der Waals surface area contributed by atoms with Gasteiger partial charge in [0.25, 0.3) is 0 Å². The summed E-state index contributed by atoms with van der Waals surface area (Å²) >= 11 is 0. The third-order valence-electron chi connectivity index (χ3n) is 10.4. The van der Waals surface area contributed by atoms with Crippen molar-refractivity contribution in [3.8, 4) is 16.9 Å². The molecule has 1 aliphatic heterocycles. The van der Waals surface area contributed by atoms with E-state index in [0.717, 1.165) is 43.6 Å². The number of hydrogen-bond donors (Lipinski definition) is 0. The molecule has 3 aliphatic rings. The Balaban J connectivity index is 1.06. The minimum absolute atomic E-state index is 0.0227. The Morgan fingerprint density at radius 2 is 1.49 bits per heavy atom. The van der Waals surface area contributed by atoms with Gasteiger partial charge >= 0.3 is 0 Å². The van der Waals surface area contributed by atoms with Gasteiger partial charge < -0.3 is 9.47 Å². The first kappa shape index (κ1) is 30.3. The van der Waals surface area contributed by atoms with Gasteiger partial charge in [0, 0.05) is 11.5 Å². The van der Waals surface area contributed by atoms with Crippen molar-refractivity contribution in [2.24, 2.45) is 23.7 Å². The van der Waals surface area contributed by atoms with E-state index in [1.54, 1.807) is 6.07 Å². The molecule has 2 atom stereocenters. The summed E-state index contributed by atoms with van der Waals surface area (Å²) in [6.07, 6.45) is 21.8. The van der Waals surface area contributed by atoms with Gasteiger partial charge in [0.1, 0.15) is 0 Å². The maximum atomic E-state index is 14.8. The zero-order chi connectivity index (χ0) is 28.6. The quantitative estimate of drug-likeness (QED) is 0.267. The van der Waals surface area contributed by atoms with E-state index in [9.17, 15) is 8.78 Å². The lowest BCUT2D eigenvalue weighted by atomic mass is 9.67. The molecule has 3 fully saturated rings. The van der Waals surface area contributed by atoms with E-state index in [0.29, 0.717) is 30.1 Å². The van der Waals surface area contributed by atoms with Crippen LogP contribution in [-0.2, 0) is 4.74 Å². The number of hydrogen-bond acceptors (Lipinski definition) is 2. The first-order valence-electron chi connectivity index (χ1n) is 16.5. The summed E-state index contributed by atoms with van der Waals surface area (Å²) in [5.74, 6) is 2.16. The Hall–Kier alpha value is -2.20. The summed E-state index contributed by atoms with van der Waals surface area (Å²) in [4.78, 5) is 0.